The van der Waals surface area contributed by atoms with Crippen molar-refractivity contribution in [2.45, 2.75) is 26.3 Å². The Balaban J connectivity index is 2.24. The molecule has 0 aliphatic carbocycles. The Bertz CT molecular complexity index is 152. The first-order chi connectivity index (χ1) is 6.77. The zero-order valence-corrected chi connectivity index (χ0v) is 9.75. The minimum Gasteiger partial charge on any atom is -0.383 e. The fourth-order valence-electron chi connectivity index (χ4n) is 2.02. The van der Waals surface area contributed by atoms with Crippen LogP contribution in [0.5, 0.6) is 0 Å². The standard InChI is InChI=1S/C11H24N2O/c1-4-13(7-8-14-3)9-11-10(2)5-6-12-11/h10-12H,4-9H2,1-3H3. The van der Waals surface area contributed by atoms with E-state index < -0.39 is 0 Å². The molecule has 0 aromatic heterocycles. The number of methoxy groups -OCH3 is 1. The van der Waals surface area contributed by atoms with Crippen molar-refractivity contribution < 1.29 is 4.74 Å². The lowest BCUT2D eigenvalue weighted by Gasteiger charge is -2.26. The molecule has 3 nitrogen and oxygen atoms in total. The van der Waals surface area contributed by atoms with Crippen LogP contribution < -0.4 is 5.32 Å². The third kappa shape index (κ3) is 3.56. The van der Waals surface area contributed by atoms with Gasteiger partial charge in [-0.25, -0.2) is 0 Å². The molecule has 84 valence electrons. The van der Waals surface area contributed by atoms with Crippen LogP contribution >= 0.6 is 0 Å². The largest absolute Gasteiger partial charge is 0.383 e. The molecule has 1 aliphatic heterocycles. The molecule has 0 spiro atoms. The van der Waals surface area contributed by atoms with Crippen LogP contribution in [0, 0.1) is 5.92 Å². The molecule has 0 aromatic carbocycles. The Morgan fingerprint density at radius 3 is 2.79 bits per heavy atom. The molecule has 0 amide bonds. The zero-order chi connectivity index (χ0) is 10.4. The summed E-state index contributed by atoms with van der Waals surface area (Å²) in [4.78, 5) is 2.46. The molecule has 3 heteroatoms. The van der Waals surface area contributed by atoms with E-state index in [-0.39, 0.29) is 0 Å². The van der Waals surface area contributed by atoms with Gasteiger partial charge in [-0.05, 0) is 25.4 Å². The van der Waals surface area contributed by atoms with Crippen molar-refractivity contribution in [3.8, 4) is 0 Å². The van der Waals surface area contributed by atoms with Gasteiger partial charge in [0.2, 0.25) is 0 Å². The van der Waals surface area contributed by atoms with E-state index in [1.54, 1.807) is 7.11 Å². The van der Waals surface area contributed by atoms with Crippen LogP contribution in [0.4, 0.5) is 0 Å². The normalized spacial score (nSPS) is 27.4. The summed E-state index contributed by atoms with van der Waals surface area (Å²) in [6.07, 6.45) is 1.33. The minimum atomic E-state index is 0.687. The second kappa shape index (κ2) is 6.38. The summed E-state index contributed by atoms with van der Waals surface area (Å²) in [5.74, 6) is 0.826. The Morgan fingerprint density at radius 1 is 1.50 bits per heavy atom. The van der Waals surface area contributed by atoms with E-state index in [4.69, 9.17) is 4.74 Å². The van der Waals surface area contributed by atoms with Gasteiger partial charge in [-0.15, -0.1) is 0 Å². The molecule has 1 rings (SSSR count). The van der Waals surface area contributed by atoms with Gasteiger partial charge in [0.05, 0.1) is 6.61 Å². The Labute approximate surface area is 87.8 Å². The second-order valence-corrected chi connectivity index (χ2v) is 4.21. The van der Waals surface area contributed by atoms with Gasteiger partial charge in [0.25, 0.3) is 0 Å². The van der Waals surface area contributed by atoms with Gasteiger partial charge in [0.1, 0.15) is 0 Å². The predicted octanol–water partition coefficient (Wildman–Crippen LogP) is 0.953. The highest BCUT2D eigenvalue weighted by Gasteiger charge is 2.23. The third-order valence-electron chi connectivity index (χ3n) is 3.21. The number of likely N-dealkylation sites (N-methyl/N-ethyl adjacent to an activating group) is 1. The molecule has 1 N–H and O–H groups in total. The Morgan fingerprint density at radius 2 is 2.29 bits per heavy atom. The monoisotopic (exact) mass is 200 g/mol. The van der Waals surface area contributed by atoms with Gasteiger partial charge in [-0.1, -0.05) is 13.8 Å². The fourth-order valence-corrected chi connectivity index (χ4v) is 2.02. The second-order valence-electron chi connectivity index (χ2n) is 4.21. The molecule has 2 atom stereocenters. The first-order valence-electron chi connectivity index (χ1n) is 5.72. The van der Waals surface area contributed by atoms with Crippen LogP contribution in [-0.2, 0) is 4.74 Å². The van der Waals surface area contributed by atoms with Crippen LogP contribution in [-0.4, -0.2) is 50.8 Å². The highest BCUT2D eigenvalue weighted by Crippen LogP contribution is 2.15. The van der Waals surface area contributed by atoms with Crippen molar-refractivity contribution in [1.82, 2.24) is 10.2 Å². The smallest absolute Gasteiger partial charge is 0.0589 e. The van der Waals surface area contributed by atoms with E-state index >= 15 is 0 Å². The van der Waals surface area contributed by atoms with Gasteiger partial charge in [0.15, 0.2) is 0 Å². The van der Waals surface area contributed by atoms with E-state index in [0.29, 0.717) is 6.04 Å². The summed E-state index contributed by atoms with van der Waals surface area (Å²) >= 11 is 0. The third-order valence-corrected chi connectivity index (χ3v) is 3.21. The molecule has 1 saturated heterocycles. The Kier molecular flexibility index (Phi) is 5.45. The van der Waals surface area contributed by atoms with Crippen molar-refractivity contribution in [1.29, 1.82) is 0 Å². The molecule has 0 radical (unpaired) electrons. The molecule has 1 heterocycles. The maximum absolute atomic E-state index is 5.10. The van der Waals surface area contributed by atoms with Crippen LogP contribution in [0.25, 0.3) is 0 Å². The predicted molar refractivity (Wildman–Crippen MR) is 59.6 cm³/mol. The van der Waals surface area contributed by atoms with Crippen molar-refractivity contribution in [3.63, 3.8) is 0 Å². The topological polar surface area (TPSA) is 24.5 Å². The number of nitrogens with one attached hydrogen (secondary N) is 1. The lowest BCUT2D eigenvalue weighted by Crippen LogP contribution is -2.41. The van der Waals surface area contributed by atoms with Crippen LogP contribution in [0.1, 0.15) is 20.3 Å². The highest BCUT2D eigenvalue weighted by atomic mass is 16.5. The fraction of sp³-hybridized carbons (Fsp3) is 1.00. The van der Waals surface area contributed by atoms with Crippen molar-refractivity contribution >= 4 is 0 Å². The average Bonchev–Trinajstić information content (AvgIpc) is 2.59. The van der Waals surface area contributed by atoms with E-state index in [1.807, 2.05) is 0 Å². The van der Waals surface area contributed by atoms with Crippen molar-refractivity contribution in [2.24, 2.45) is 5.92 Å². The van der Waals surface area contributed by atoms with Crippen LogP contribution in [0.15, 0.2) is 0 Å². The number of rotatable bonds is 6. The molecule has 14 heavy (non-hydrogen) atoms. The lowest BCUT2D eigenvalue weighted by atomic mass is 10.0. The SMILES string of the molecule is CCN(CCOC)CC1NCCC1C. The van der Waals surface area contributed by atoms with E-state index in [2.05, 4.69) is 24.1 Å². The number of nitrogens with zero attached hydrogens (tertiary/aromatic N) is 1. The summed E-state index contributed by atoms with van der Waals surface area (Å²) in [7, 11) is 1.77. The molecular formula is C11H24N2O. The summed E-state index contributed by atoms with van der Waals surface area (Å²) in [5, 5.41) is 3.57. The maximum atomic E-state index is 5.10. The van der Waals surface area contributed by atoms with E-state index in [0.717, 1.165) is 25.6 Å². The van der Waals surface area contributed by atoms with Crippen LogP contribution in [0.2, 0.25) is 0 Å². The quantitative estimate of drug-likeness (QED) is 0.691. The van der Waals surface area contributed by atoms with E-state index in [1.165, 1.54) is 19.5 Å². The highest BCUT2D eigenvalue weighted by molar-refractivity contribution is 4.83. The van der Waals surface area contributed by atoms with Crippen LogP contribution in [0.3, 0.4) is 0 Å². The first kappa shape index (κ1) is 12.0. The van der Waals surface area contributed by atoms with Crippen molar-refractivity contribution in [2.75, 3.05) is 39.9 Å². The molecule has 0 saturated carbocycles. The van der Waals surface area contributed by atoms with Gasteiger partial charge >= 0.3 is 0 Å². The molecule has 1 aliphatic rings. The van der Waals surface area contributed by atoms with Gasteiger partial charge in [-0.2, -0.15) is 0 Å². The van der Waals surface area contributed by atoms with Crippen molar-refractivity contribution in [3.05, 3.63) is 0 Å². The molecule has 2 unspecified atom stereocenters. The number of hydrogen-bond donors (Lipinski definition) is 1. The average molecular weight is 200 g/mol. The van der Waals surface area contributed by atoms with E-state index in [9.17, 15) is 0 Å². The summed E-state index contributed by atoms with van der Waals surface area (Å²) in [6, 6.07) is 0.687. The summed E-state index contributed by atoms with van der Waals surface area (Å²) in [5.41, 5.74) is 0. The summed E-state index contributed by atoms with van der Waals surface area (Å²) < 4.78 is 5.10. The summed E-state index contributed by atoms with van der Waals surface area (Å²) in [6.45, 7) is 9.93. The zero-order valence-electron chi connectivity index (χ0n) is 9.75. The number of hydrogen-bond acceptors (Lipinski definition) is 3. The first-order valence-corrected chi connectivity index (χ1v) is 5.72. The van der Waals surface area contributed by atoms with Gasteiger partial charge in [-0.3, -0.25) is 4.90 Å². The molecule has 0 bridgehead atoms. The Hall–Kier alpha value is -0.120. The number of ether oxygens (including phenoxy) is 1. The molecule has 1 fully saturated rings. The maximum Gasteiger partial charge on any atom is 0.0589 e. The molecular weight excluding hydrogens is 176 g/mol. The van der Waals surface area contributed by atoms with Gasteiger partial charge < -0.3 is 10.1 Å². The molecule has 0 aromatic rings. The van der Waals surface area contributed by atoms with Gasteiger partial charge in [0, 0.05) is 26.2 Å². The lowest BCUT2D eigenvalue weighted by molar-refractivity contribution is 0.142. The minimum absolute atomic E-state index is 0.687.